The second-order valence-electron chi connectivity index (χ2n) is 6.24. The zero-order chi connectivity index (χ0) is 18.4. The first-order valence-electron chi connectivity index (χ1n) is 8.76. The van der Waals surface area contributed by atoms with E-state index >= 15 is 0 Å². The summed E-state index contributed by atoms with van der Waals surface area (Å²) in [6.07, 6.45) is 0.963. The number of benzene rings is 2. The molecule has 2 amide bonds. The molecule has 0 aliphatic carbocycles. The number of nitrogens with zero attached hydrogens (tertiary/aromatic N) is 1. The molecule has 2 aromatic rings. The van der Waals surface area contributed by atoms with E-state index in [0.717, 1.165) is 23.2 Å². The van der Waals surface area contributed by atoms with E-state index in [4.69, 9.17) is 0 Å². The number of amides is 2. The lowest BCUT2D eigenvalue weighted by atomic mass is 9.97. The third kappa shape index (κ3) is 4.47. The van der Waals surface area contributed by atoms with Crippen molar-refractivity contribution in [3.05, 3.63) is 59.7 Å². The maximum Gasteiger partial charge on any atom is 0.316 e. The van der Waals surface area contributed by atoms with Crippen LogP contribution in [-0.4, -0.2) is 18.4 Å². The van der Waals surface area contributed by atoms with E-state index in [0.29, 0.717) is 18.2 Å². The highest BCUT2D eigenvalue weighted by Crippen LogP contribution is 2.26. The predicted molar refractivity (Wildman–Crippen MR) is 103 cm³/mol. The number of rotatable bonds is 5. The van der Waals surface area contributed by atoms with Crippen LogP contribution in [0.1, 0.15) is 44.2 Å². The van der Waals surface area contributed by atoms with Gasteiger partial charge in [-0.25, -0.2) is 0 Å². The molecule has 2 aromatic carbocycles. The Morgan fingerprint density at radius 2 is 1.80 bits per heavy atom. The number of para-hydroxylation sites is 1. The molecule has 0 heterocycles. The number of likely N-dealkylation sites (N-methyl/N-ethyl adjacent to an activating group) is 1. The molecule has 0 saturated carbocycles. The zero-order valence-corrected chi connectivity index (χ0v) is 15.4. The van der Waals surface area contributed by atoms with Gasteiger partial charge in [0.15, 0.2) is 0 Å². The smallest absolute Gasteiger partial charge is 0.316 e. The maximum absolute atomic E-state index is 12.7. The Bertz CT molecular complexity index is 755. The van der Waals surface area contributed by atoms with Gasteiger partial charge in [-0.05, 0) is 55.5 Å². The van der Waals surface area contributed by atoms with Crippen molar-refractivity contribution in [3.63, 3.8) is 0 Å². The van der Waals surface area contributed by atoms with Gasteiger partial charge < -0.3 is 10.2 Å². The monoisotopic (exact) mass is 338 g/mol. The number of carbonyl (C=O) groups is 2. The third-order valence-electron chi connectivity index (χ3n) is 4.42. The molecule has 4 nitrogen and oxygen atoms in total. The van der Waals surface area contributed by atoms with Crippen molar-refractivity contribution in [2.45, 2.75) is 40.0 Å². The summed E-state index contributed by atoms with van der Waals surface area (Å²) >= 11 is 0. The van der Waals surface area contributed by atoms with Crippen molar-refractivity contribution in [1.29, 1.82) is 0 Å². The van der Waals surface area contributed by atoms with E-state index in [9.17, 15) is 9.59 Å². The molecule has 2 rings (SSSR count). The highest BCUT2D eigenvalue weighted by atomic mass is 16.2. The van der Waals surface area contributed by atoms with E-state index < -0.39 is 11.8 Å². The average Bonchev–Trinajstić information content (AvgIpc) is 2.62. The van der Waals surface area contributed by atoms with Crippen LogP contribution in [0.4, 0.5) is 11.4 Å². The molecule has 0 aliphatic heterocycles. The fourth-order valence-electron chi connectivity index (χ4n) is 2.80. The molecule has 25 heavy (non-hydrogen) atoms. The van der Waals surface area contributed by atoms with Crippen LogP contribution in [0.2, 0.25) is 0 Å². The summed E-state index contributed by atoms with van der Waals surface area (Å²) in [5.74, 6) is -0.850. The number of anilines is 2. The third-order valence-corrected chi connectivity index (χ3v) is 4.42. The lowest BCUT2D eigenvalue weighted by Crippen LogP contribution is -2.40. The Balaban J connectivity index is 2.21. The summed E-state index contributed by atoms with van der Waals surface area (Å²) in [5, 5.41) is 2.79. The van der Waals surface area contributed by atoms with Gasteiger partial charge in [-0.15, -0.1) is 0 Å². The van der Waals surface area contributed by atoms with Gasteiger partial charge in [0.05, 0.1) is 0 Å². The molecule has 0 radical (unpaired) electrons. The van der Waals surface area contributed by atoms with Crippen LogP contribution in [0.3, 0.4) is 0 Å². The number of carbonyl (C=O) groups excluding carboxylic acids is 2. The first-order valence-corrected chi connectivity index (χ1v) is 8.76. The van der Waals surface area contributed by atoms with E-state index in [-0.39, 0.29) is 0 Å². The molecule has 0 bridgehead atoms. The fourth-order valence-corrected chi connectivity index (χ4v) is 2.80. The minimum Gasteiger partial charge on any atom is -0.318 e. The van der Waals surface area contributed by atoms with Gasteiger partial charge in [0.1, 0.15) is 0 Å². The van der Waals surface area contributed by atoms with E-state index in [1.54, 1.807) is 0 Å². The molecule has 0 spiro atoms. The van der Waals surface area contributed by atoms with Crippen molar-refractivity contribution < 1.29 is 9.59 Å². The van der Waals surface area contributed by atoms with Crippen LogP contribution in [0, 0.1) is 6.92 Å². The number of hydrogen-bond acceptors (Lipinski definition) is 2. The minimum absolute atomic E-state index is 0.311. The Morgan fingerprint density at radius 1 is 1.08 bits per heavy atom. The standard InChI is InChI=1S/C21H26N2O2/c1-5-16(4)18-12-7-8-13-19(18)22-20(24)21(25)23(6-2)17-11-9-10-15(3)14-17/h7-14,16H,5-6H2,1-4H3,(H,22,24). The fraction of sp³-hybridized carbons (Fsp3) is 0.333. The van der Waals surface area contributed by atoms with Gasteiger partial charge >= 0.3 is 11.8 Å². The van der Waals surface area contributed by atoms with Gasteiger partial charge in [0.2, 0.25) is 0 Å². The molecule has 0 aliphatic rings. The summed E-state index contributed by atoms with van der Waals surface area (Å²) in [6, 6.07) is 15.2. The van der Waals surface area contributed by atoms with E-state index in [1.807, 2.05) is 62.4 Å². The number of nitrogens with one attached hydrogen (secondary N) is 1. The zero-order valence-electron chi connectivity index (χ0n) is 15.4. The summed E-state index contributed by atoms with van der Waals surface area (Å²) < 4.78 is 0. The second-order valence-corrected chi connectivity index (χ2v) is 6.24. The van der Waals surface area contributed by atoms with Crippen molar-refractivity contribution in [1.82, 2.24) is 0 Å². The maximum atomic E-state index is 12.7. The molecule has 1 unspecified atom stereocenters. The number of hydrogen-bond donors (Lipinski definition) is 1. The van der Waals surface area contributed by atoms with Crippen LogP contribution < -0.4 is 10.2 Å². The van der Waals surface area contributed by atoms with Crippen LogP contribution >= 0.6 is 0 Å². The quantitative estimate of drug-likeness (QED) is 0.816. The van der Waals surface area contributed by atoms with Crippen molar-refractivity contribution in [2.75, 3.05) is 16.8 Å². The van der Waals surface area contributed by atoms with Crippen LogP contribution in [0.5, 0.6) is 0 Å². The van der Waals surface area contributed by atoms with Crippen LogP contribution in [-0.2, 0) is 9.59 Å². The van der Waals surface area contributed by atoms with Gasteiger partial charge in [0, 0.05) is 17.9 Å². The lowest BCUT2D eigenvalue weighted by molar-refractivity contribution is -0.134. The summed E-state index contributed by atoms with van der Waals surface area (Å²) in [5.41, 5.74) is 3.53. The molecule has 0 saturated heterocycles. The first kappa shape index (κ1) is 18.7. The van der Waals surface area contributed by atoms with Crippen molar-refractivity contribution in [3.8, 4) is 0 Å². The molecule has 1 atom stereocenters. The molecule has 4 heteroatoms. The summed E-state index contributed by atoms with van der Waals surface area (Å²) in [4.78, 5) is 26.7. The van der Waals surface area contributed by atoms with Crippen LogP contribution in [0.25, 0.3) is 0 Å². The summed E-state index contributed by atoms with van der Waals surface area (Å²) in [6.45, 7) is 8.47. The van der Waals surface area contributed by atoms with E-state index in [2.05, 4.69) is 19.2 Å². The average molecular weight is 338 g/mol. The lowest BCUT2D eigenvalue weighted by Gasteiger charge is -2.22. The topological polar surface area (TPSA) is 49.4 Å². The van der Waals surface area contributed by atoms with Crippen LogP contribution in [0.15, 0.2) is 48.5 Å². The SMILES string of the molecule is CCC(C)c1ccccc1NC(=O)C(=O)N(CC)c1cccc(C)c1. The van der Waals surface area contributed by atoms with Gasteiger partial charge in [0.25, 0.3) is 0 Å². The van der Waals surface area contributed by atoms with Gasteiger partial charge in [-0.2, -0.15) is 0 Å². The van der Waals surface area contributed by atoms with Crippen molar-refractivity contribution in [2.24, 2.45) is 0 Å². The second kappa shape index (κ2) is 8.47. The van der Waals surface area contributed by atoms with E-state index in [1.165, 1.54) is 4.90 Å². The molecule has 132 valence electrons. The molecule has 0 aromatic heterocycles. The molecular weight excluding hydrogens is 312 g/mol. The normalized spacial score (nSPS) is 11.7. The number of aryl methyl sites for hydroxylation is 1. The first-order chi connectivity index (χ1) is 12.0. The van der Waals surface area contributed by atoms with Gasteiger partial charge in [-0.1, -0.05) is 44.2 Å². The largest absolute Gasteiger partial charge is 0.318 e. The van der Waals surface area contributed by atoms with Crippen molar-refractivity contribution >= 4 is 23.2 Å². The highest BCUT2D eigenvalue weighted by molar-refractivity contribution is 6.44. The Labute approximate surface area is 149 Å². The Kier molecular flexibility index (Phi) is 6.34. The molecule has 1 N–H and O–H groups in total. The van der Waals surface area contributed by atoms with Gasteiger partial charge in [-0.3, -0.25) is 9.59 Å². The molecular formula is C21H26N2O2. The predicted octanol–water partition coefficient (Wildman–Crippen LogP) is 4.50. The Morgan fingerprint density at radius 3 is 2.44 bits per heavy atom. The highest BCUT2D eigenvalue weighted by Gasteiger charge is 2.23. The summed E-state index contributed by atoms with van der Waals surface area (Å²) in [7, 11) is 0. The Hall–Kier alpha value is -2.62. The molecule has 0 fully saturated rings. The minimum atomic E-state index is -0.612.